The first-order chi connectivity index (χ1) is 13.9. The van der Waals surface area contributed by atoms with Crippen LogP contribution in [-0.2, 0) is 19.6 Å². The Hall–Kier alpha value is -2.87. The molecule has 0 aliphatic carbocycles. The van der Waals surface area contributed by atoms with Crippen LogP contribution in [0.2, 0.25) is 0 Å². The van der Waals surface area contributed by atoms with Crippen LogP contribution >= 0.6 is 0 Å². The molecule has 1 aliphatic heterocycles. The number of anilines is 1. The van der Waals surface area contributed by atoms with Gasteiger partial charge >= 0.3 is 5.97 Å². The van der Waals surface area contributed by atoms with E-state index < -0.39 is 16.0 Å². The van der Waals surface area contributed by atoms with Gasteiger partial charge in [-0.25, -0.2) is 13.2 Å². The quantitative estimate of drug-likeness (QED) is 0.676. The summed E-state index contributed by atoms with van der Waals surface area (Å²) in [4.78, 5) is 26.2. The van der Waals surface area contributed by atoms with Gasteiger partial charge in [0.1, 0.15) is 0 Å². The molecule has 0 aromatic heterocycles. The van der Waals surface area contributed by atoms with Crippen molar-refractivity contribution in [3.8, 4) is 0 Å². The topological polar surface area (TPSA) is 84.0 Å². The van der Waals surface area contributed by atoms with E-state index in [0.29, 0.717) is 18.8 Å². The standard InChI is InChI=1S/C21H24N2O5S/c1-22(18-10-4-2-5-11-18)29(26,27)19-12-8-9-17(15-19)21(25)28-16-20(24)23-13-6-3-7-14-23/h2,4-5,8-12,15H,3,6-7,13-14,16H2,1H3. The first-order valence-corrected chi connectivity index (χ1v) is 10.9. The average molecular weight is 416 g/mol. The molecule has 0 saturated carbocycles. The highest BCUT2D eigenvalue weighted by Crippen LogP contribution is 2.22. The fourth-order valence-electron chi connectivity index (χ4n) is 3.16. The third kappa shape index (κ3) is 4.95. The van der Waals surface area contributed by atoms with E-state index in [1.807, 2.05) is 0 Å². The molecule has 0 atom stereocenters. The molecule has 2 aromatic carbocycles. The van der Waals surface area contributed by atoms with Gasteiger partial charge in [0, 0.05) is 20.1 Å². The van der Waals surface area contributed by atoms with Crippen LogP contribution in [0.15, 0.2) is 59.5 Å². The highest BCUT2D eigenvalue weighted by Gasteiger charge is 2.23. The molecule has 1 heterocycles. The number of nitrogens with zero attached hydrogens (tertiary/aromatic N) is 2. The van der Waals surface area contributed by atoms with Crippen molar-refractivity contribution in [3.63, 3.8) is 0 Å². The van der Waals surface area contributed by atoms with Gasteiger partial charge in [0.25, 0.3) is 15.9 Å². The number of hydrogen-bond donors (Lipinski definition) is 0. The van der Waals surface area contributed by atoms with Gasteiger partial charge in [-0.15, -0.1) is 0 Å². The molecule has 8 heteroatoms. The summed E-state index contributed by atoms with van der Waals surface area (Å²) in [5.41, 5.74) is 0.589. The number of benzene rings is 2. The summed E-state index contributed by atoms with van der Waals surface area (Å²) in [6.07, 6.45) is 3.01. The lowest BCUT2D eigenvalue weighted by molar-refractivity contribution is -0.135. The van der Waals surface area contributed by atoms with Crippen molar-refractivity contribution in [1.82, 2.24) is 4.90 Å². The van der Waals surface area contributed by atoms with Gasteiger partial charge in [0.2, 0.25) is 0 Å². The zero-order chi connectivity index (χ0) is 20.9. The lowest BCUT2D eigenvalue weighted by atomic mass is 10.1. The Balaban J connectivity index is 1.69. The zero-order valence-corrected chi connectivity index (χ0v) is 17.1. The molecule has 2 aromatic rings. The highest BCUT2D eigenvalue weighted by atomic mass is 32.2. The van der Waals surface area contributed by atoms with Gasteiger partial charge in [-0.3, -0.25) is 9.10 Å². The SMILES string of the molecule is CN(c1ccccc1)S(=O)(=O)c1cccc(C(=O)OCC(=O)N2CCCCC2)c1. The van der Waals surface area contributed by atoms with Crippen molar-refractivity contribution in [3.05, 3.63) is 60.2 Å². The zero-order valence-electron chi connectivity index (χ0n) is 16.3. The van der Waals surface area contributed by atoms with Crippen LogP contribution in [-0.4, -0.2) is 51.9 Å². The third-order valence-corrected chi connectivity index (χ3v) is 6.66. The Labute approximate surface area is 170 Å². The van der Waals surface area contributed by atoms with Gasteiger partial charge in [-0.2, -0.15) is 0 Å². The van der Waals surface area contributed by atoms with Crippen molar-refractivity contribution in [2.45, 2.75) is 24.2 Å². The molecule has 3 rings (SSSR count). The maximum absolute atomic E-state index is 12.9. The molecule has 1 fully saturated rings. The van der Waals surface area contributed by atoms with Crippen LogP contribution in [0.5, 0.6) is 0 Å². The molecule has 7 nitrogen and oxygen atoms in total. The molecule has 0 bridgehead atoms. The maximum Gasteiger partial charge on any atom is 0.338 e. The van der Waals surface area contributed by atoms with Gasteiger partial charge in [-0.05, 0) is 49.6 Å². The molecular weight excluding hydrogens is 392 g/mol. The Bertz CT molecular complexity index is 970. The Kier molecular flexibility index (Phi) is 6.53. The second-order valence-electron chi connectivity index (χ2n) is 6.85. The van der Waals surface area contributed by atoms with E-state index in [1.54, 1.807) is 35.2 Å². The summed E-state index contributed by atoms with van der Waals surface area (Å²) in [7, 11) is -2.39. The number of carbonyl (C=O) groups is 2. The maximum atomic E-state index is 12.9. The van der Waals surface area contributed by atoms with Crippen molar-refractivity contribution in [2.75, 3.05) is 31.0 Å². The van der Waals surface area contributed by atoms with Crippen LogP contribution in [0, 0.1) is 0 Å². The normalized spacial score (nSPS) is 14.3. The van der Waals surface area contributed by atoms with Crippen LogP contribution in [0.4, 0.5) is 5.69 Å². The lowest BCUT2D eigenvalue weighted by Gasteiger charge is -2.26. The smallest absolute Gasteiger partial charge is 0.338 e. The van der Waals surface area contributed by atoms with E-state index in [2.05, 4.69) is 0 Å². The summed E-state index contributed by atoms with van der Waals surface area (Å²) >= 11 is 0. The van der Waals surface area contributed by atoms with Gasteiger partial charge in [0.15, 0.2) is 6.61 Å². The number of rotatable bonds is 6. The van der Waals surface area contributed by atoms with Crippen LogP contribution < -0.4 is 4.31 Å². The fraction of sp³-hybridized carbons (Fsp3) is 0.333. The average Bonchev–Trinajstić information content (AvgIpc) is 2.78. The molecule has 29 heavy (non-hydrogen) atoms. The van der Waals surface area contributed by atoms with Gasteiger partial charge < -0.3 is 9.64 Å². The second kappa shape index (κ2) is 9.09. The number of likely N-dealkylation sites (tertiary alicyclic amines) is 1. The third-order valence-electron chi connectivity index (χ3n) is 4.88. The number of esters is 1. The van der Waals surface area contributed by atoms with E-state index in [-0.39, 0.29) is 23.0 Å². The van der Waals surface area contributed by atoms with Crippen molar-refractivity contribution < 1.29 is 22.7 Å². The molecule has 154 valence electrons. The molecule has 1 saturated heterocycles. The molecule has 0 spiro atoms. The van der Waals surface area contributed by atoms with Crippen LogP contribution in [0.3, 0.4) is 0 Å². The number of hydrogen-bond acceptors (Lipinski definition) is 5. The number of sulfonamides is 1. The summed E-state index contributed by atoms with van der Waals surface area (Å²) < 4.78 is 32.1. The number of para-hydroxylation sites is 1. The first-order valence-electron chi connectivity index (χ1n) is 9.48. The molecular formula is C21H24N2O5S. The minimum absolute atomic E-state index is 0.0272. The molecule has 1 amide bonds. The Morgan fingerprint density at radius 1 is 1.00 bits per heavy atom. The number of amides is 1. The Morgan fingerprint density at radius 2 is 1.69 bits per heavy atom. The summed E-state index contributed by atoms with van der Waals surface area (Å²) in [6.45, 7) is 1.01. The van der Waals surface area contributed by atoms with Crippen LogP contribution in [0.25, 0.3) is 0 Å². The van der Waals surface area contributed by atoms with E-state index in [9.17, 15) is 18.0 Å². The predicted octanol–water partition coefficient (Wildman–Crippen LogP) is 2.68. The number of ether oxygens (including phenoxy) is 1. The first kappa shape index (κ1) is 20.9. The Morgan fingerprint density at radius 3 is 2.38 bits per heavy atom. The summed E-state index contributed by atoms with van der Waals surface area (Å²) in [6, 6.07) is 14.3. The minimum atomic E-state index is -3.85. The van der Waals surface area contributed by atoms with Crippen LogP contribution in [0.1, 0.15) is 29.6 Å². The monoisotopic (exact) mass is 416 g/mol. The van der Waals surface area contributed by atoms with E-state index in [1.165, 1.54) is 31.3 Å². The van der Waals surface area contributed by atoms with Crippen molar-refractivity contribution >= 4 is 27.6 Å². The number of carbonyl (C=O) groups excluding carboxylic acids is 2. The van der Waals surface area contributed by atoms with Crippen molar-refractivity contribution in [1.29, 1.82) is 0 Å². The van der Waals surface area contributed by atoms with Crippen molar-refractivity contribution in [2.24, 2.45) is 0 Å². The molecule has 0 radical (unpaired) electrons. The van der Waals surface area contributed by atoms with Gasteiger partial charge in [-0.1, -0.05) is 24.3 Å². The molecule has 1 aliphatic rings. The summed E-state index contributed by atoms with van der Waals surface area (Å²) in [5, 5.41) is 0. The molecule has 0 unspecified atom stereocenters. The largest absolute Gasteiger partial charge is 0.452 e. The predicted molar refractivity (Wildman–Crippen MR) is 109 cm³/mol. The lowest BCUT2D eigenvalue weighted by Crippen LogP contribution is -2.38. The summed E-state index contributed by atoms with van der Waals surface area (Å²) in [5.74, 6) is -0.958. The number of piperidine rings is 1. The van der Waals surface area contributed by atoms with Gasteiger partial charge in [0.05, 0.1) is 16.1 Å². The van der Waals surface area contributed by atoms with E-state index in [0.717, 1.165) is 23.6 Å². The highest BCUT2D eigenvalue weighted by molar-refractivity contribution is 7.92. The molecule has 0 N–H and O–H groups in total. The van der Waals surface area contributed by atoms with E-state index in [4.69, 9.17) is 4.74 Å². The fourth-order valence-corrected chi connectivity index (χ4v) is 4.41. The minimum Gasteiger partial charge on any atom is -0.452 e. The second-order valence-corrected chi connectivity index (χ2v) is 8.82. The van der Waals surface area contributed by atoms with E-state index >= 15 is 0 Å².